The van der Waals surface area contributed by atoms with Gasteiger partial charge in [0.2, 0.25) is 11.8 Å². The molecule has 168 valence electrons. The first-order valence-corrected chi connectivity index (χ1v) is 10.7. The highest BCUT2D eigenvalue weighted by Crippen LogP contribution is 2.52. The van der Waals surface area contributed by atoms with Crippen LogP contribution < -0.4 is 15.5 Å². The van der Waals surface area contributed by atoms with Gasteiger partial charge in [0.15, 0.2) is 5.96 Å². The van der Waals surface area contributed by atoms with Crippen molar-refractivity contribution in [1.29, 1.82) is 0 Å². The van der Waals surface area contributed by atoms with Crippen molar-refractivity contribution in [3.63, 3.8) is 0 Å². The quantitative estimate of drug-likeness (QED) is 0.181. The number of carbonyl (C=O) groups excluding carboxylic acids is 2. The van der Waals surface area contributed by atoms with E-state index in [0.29, 0.717) is 25.6 Å². The van der Waals surface area contributed by atoms with E-state index in [1.807, 2.05) is 44.1 Å². The van der Waals surface area contributed by atoms with Crippen LogP contribution in [-0.4, -0.2) is 61.4 Å². The van der Waals surface area contributed by atoms with Crippen LogP contribution in [0, 0.1) is 23.7 Å². The van der Waals surface area contributed by atoms with Gasteiger partial charge >= 0.3 is 0 Å². The summed E-state index contributed by atoms with van der Waals surface area (Å²) in [5.41, 5.74) is 0.874. The van der Waals surface area contributed by atoms with Crippen molar-refractivity contribution >= 4 is 47.6 Å². The van der Waals surface area contributed by atoms with E-state index in [0.717, 1.165) is 24.5 Å². The van der Waals surface area contributed by atoms with Gasteiger partial charge in [0.05, 0.1) is 24.1 Å². The molecule has 1 saturated heterocycles. The van der Waals surface area contributed by atoms with Crippen molar-refractivity contribution < 1.29 is 9.59 Å². The molecule has 3 aliphatic rings. The molecule has 0 spiro atoms. The van der Waals surface area contributed by atoms with Gasteiger partial charge in [-0.25, -0.2) is 9.98 Å². The molecule has 1 aromatic heterocycles. The first-order chi connectivity index (χ1) is 14.5. The molecular formula is C22H31IN6O2. The number of aliphatic imine (C=N–C) groups is 1. The minimum atomic E-state index is -0.135. The number of aromatic nitrogens is 1. The van der Waals surface area contributed by atoms with E-state index in [1.165, 1.54) is 4.90 Å². The molecular weight excluding hydrogens is 507 g/mol. The number of guanidine groups is 1. The SMILES string of the molecule is CCNC(=NCc1cccc(N(C)C)n1)NCCN1C(=O)C2C3C=CC(C3)C2C1=O.I. The number of fused-ring (bicyclic) bond motifs is 5. The van der Waals surface area contributed by atoms with E-state index in [4.69, 9.17) is 0 Å². The fraction of sp³-hybridized carbons (Fsp3) is 0.545. The van der Waals surface area contributed by atoms with Gasteiger partial charge in [-0.15, -0.1) is 24.0 Å². The number of likely N-dealkylation sites (tertiary alicyclic amines) is 1. The van der Waals surface area contributed by atoms with E-state index in [2.05, 4.69) is 32.8 Å². The van der Waals surface area contributed by atoms with Crippen LogP contribution in [-0.2, 0) is 16.1 Å². The standard InChI is InChI=1S/C22H30N6O2.HI/c1-4-23-22(25-13-16-6-5-7-17(26-16)27(2)3)24-10-11-28-20(29)18-14-8-9-15(12-14)19(18)21(28)30;/h5-9,14-15,18-19H,4,10-13H2,1-3H3,(H2,23,24,25);1H. The van der Waals surface area contributed by atoms with Crippen LogP contribution >= 0.6 is 24.0 Å². The number of imide groups is 1. The Morgan fingerprint density at radius 2 is 1.84 bits per heavy atom. The maximum absolute atomic E-state index is 12.8. The Kier molecular flexibility index (Phi) is 7.55. The number of nitrogens with one attached hydrogen (secondary N) is 2. The van der Waals surface area contributed by atoms with Crippen LogP contribution in [0.5, 0.6) is 0 Å². The first kappa shape index (κ1) is 23.5. The zero-order valence-electron chi connectivity index (χ0n) is 18.2. The molecule has 1 aliphatic heterocycles. The molecule has 9 heteroatoms. The summed E-state index contributed by atoms with van der Waals surface area (Å²) < 4.78 is 0. The summed E-state index contributed by atoms with van der Waals surface area (Å²) in [6, 6.07) is 5.87. The Balaban J connectivity index is 0.00000272. The van der Waals surface area contributed by atoms with Crippen molar-refractivity contribution in [1.82, 2.24) is 20.5 Å². The summed E-state index contributed by atoms with van der Waals surface area (Å²) in [4.78, 5) is 38.1. The van der Waals surface area contributed by atoms with E-state index >= 15 is 0 Å². The Bertz CT molecular complexity index is 857. The average molecular weight is 538 g/mol. The zero-order chi connectivity index (χ0) is 21.3. The maximum Gasteiger partial charge on any atom is 0.233 e. The number of carbonyl (C=O) groups is 2. The molecule has 4 rings (SSSR count). The van der Waals surface area contributed by atoms with Crippen LogP contribution in [0.25, 0.3) is 0 Å². The number of amides is 2. The topological polar surface area (TPSA) is 89.9 Å². The summed E-state index contributed by atoms with van der Waals surface area (Å²) >= 11 is 0. The molecule has 1 aromatic rings. The van der Waals surface area contributed by atoms with Gasteiger partial charge in [0.1, 0.15) is 5.82 Å². The molecule has 2 amide bonds. The summed E-state index contributed by atoms with van der Waals surface area (Å²) in [5, 5.41) is 6.44. The van der Waals surface area contributed by atoms with Crippen molar-refractivity contribution in [2.24, 2.45) is 28.7 Å². The van der Waals surface area contributed by atoms with Crippen molar-refractivity contribution in [3.05, 3.63) is 36.0 Å². The molecule has 1 saturated carbocycles. The molecule has 0 aromatic carbocycles. The fourth-order valence-electron chi connectivity index (χ4n) is 4.78. The third kappa shape index (κ3) is 4.70. The van der Waals surface area contributed by atoms with E-state index in [-0.39, 0.29) is 59.5 Å². The zero-order valence-corrected chi connectivity index (χ0v) is 20.6. The van der Waals surface area contributed by atoms with Crippen LogP contribution in [0.4, 0.5) is 5.82 Å². The molecule has 2 bridgehead atoms. The number of hydrogen-bond acceptors (Lipinski definition) is 5. The largest absolute Gasteiger partial charge is 0.363 e. The van der Waals surface area contributed by atoms with Gasteiger partial charge in [0.25, 0.3) is 0 Å². The number of hydrogen-bond donors (Lipinski definition) is 2. The van der Waals surface area contributed by atoms with Gasteiger partial charge in [-0.1, -0.05) is 18.2 Å². The molecule has 2 N–H and O–H groups in total. The van der Waals surface area contributed by atoms with Crippen molar-refractivity contribution in [3.8, 4) is 0 Å². The minimum absolute atomic E-state index is 0. The number of halogens is 1. The van der Waals surface area contributed by atoms with E-state index in [1.54, 1.807) is 0 Å². The lowest BCUT2D eigenvalue weighted by molar-refractivity contribution is -0.140. The molecule has 31 heavy (non-hydrogen) atoms. The number of anilines is 1. The number of rotatable bonds is 7. The van der Waals surface area contributed by atoms with Gasteiger partial charge in [0, 0.05) is 33.7 Å². The minimum Gasteiger partial charge on any atom is -0.363 e. The van der Waals surface area contributed by atoms with Crippen LogP contribution in [0.1, 0.15) is 19.0 Å². The van der Waals surface area contributed by atoms with Gasteiger partial charge in [-0.05, 0) is 37.3 Å². The average Bonchev–Trinajstić information content (AvgIpc) is 3.42. The summed E-state index contributed by atoms with van der Waals surface area (Å²) in [7, 11) is 3.91. The molecule has 2 aliphatic carbocycles. The Labute approximate surface area is 200 Å². The Hall–Kier alpha value is -2.17. The highest BCUT2D eigenvalue weighted by molar-refractivity contribution is 14.0. The molecule has 2 fully saturated rings. The lowest BCUT2D eigenvalue weighted by atomic mass is 9.85. The molecule has 4 atom stereocenters. The predicted molar refractivity (Wildman–Crippen MR) is 131 cm³/mol. The lowest BCUT2D eigenvalue weighted by Crippen LogP contribution is -2.43. The van der Waals surface area contributed by atoms with Crippen LogP contribution in [0.15, 0.2) is 35.3 Å². The van der Waals surface area contributed by atoms with Gasteiger partial charge in [-0.3, -0.25) is 14.5 Å². The van der Waals surface area contributed by atoms with E-state index < -0.39 is 0 Å². The number of pyridine rings is 1. The lowest BCUT2D eigenvalue weighted by Gasteiger charge is -2.18. The van der Waals surface area contributed by atoms with Crippen LogP contribution in [0.3, 0.4) is 0 Å². The van der Waals surface area contributed by atoms with Crippen LogP contribution in [0.2, 0.25) is 0 Å². The molecule has 8 nitrogen and oxygen atoms in total. The summed E-state index contributed by atoms with van der Waals surface area (Å²) in [5.74, 6) is 1.76. The second-order valence-electron chi connectivity index (χ2n) is 8.33. The molecule has 0 radical (unpaired) electrons. The van der Waals surface area contributed by atoms with E-state index in [9.17, 15) is 9.59 Å². The molecule has 4 unspecified atom stereocenters. The highest BCUT2D eigenvalue weighted by atomic mass is 127. The first-order valence-electron chi connectivity index (χ1n) is 10.7. The summed E-state index contributed by atoms with van der Waals surface area (Å²) in [6.07, 6.45) is 5.20. The normalized spacial score (nSPS) is 26.2. The number of nitrogens with zero attached hydrogens (tertiary/aromatic N) is 4. The molecule has 2 heterocycles. The third-order valence-corrected chi connectivity index (χ3v) is 6.18. The second kappa shape index (κ2) is 9.97. The van der Waals surface area contributed by atoms with Gasteiger partial charge < -0.3 is 15.5 Å². The highest BCUT2D eigenvalue weighted by Gasteiger charge is 2.58. The number of allylic oxidation sites excluding steroid dienone is 2. The second-order valence-corrected chi connectivity index (χ2v) is 8.33. The maximum atomic E-state index is 12.8. The Morgan fingerprint density at radius 3 is 2.45 bits per heavy atom. The van der Waals surface area contributed by atoms with Crippen molar-refractivity contribution in [2.45, 2.75) is 19.9 Å². The summed E-state index contributed by atoms with van der Waals surface area (Å²) in [6.45, 7) is 3.99. The van der Waals surface area contributed by atoms with Gasteiger partial charge in [-0.2, -0.15) is 0 Å². The third-order valence-electron chi connectivity index (χ3n) is 6.18. The monoisotopic (exact) mass is 538 g/mol. The Morgan fingerprint density at radius 1 is 1.16 bits per heavy atom. The predicted octanol–water partition coefficient (Wildman–Crippen LogP) is 1.63. The van der Waals surface area contributed by atoms with Crippen molar-refractivity contribution in [2.75, 3.05) is 38.6 Å². The fourth-order valence-corrected chi connectivity index (χ4v) is 4.78. The smallest absolute Gasteiger partial charge is 0.233 e.